The number of carboxylic acid groups (broad SMARTS) is 1. The number of hydrogen-bond acceptors (Lipinski definition) is 6. The normalized spacial score (nSPS) is 11.7. The summed E-state index contributed by atoms with van der Waals surface area (Å²) in [5, 5.41) is 17.1. The van der Waals surface area contributed by atoms with E-state index in [2.05, 4.69) is 16.0 Å². The second-order valence-electron chi connectivity index (χ2n) is 10.1. The molecule has 0 fully saturated rings. The quantitative estimate of drug-likeness (QED) is 0.107. The average molecular weight is 643 g/mol. The lowest BCUT2D eigenvalue weighted by molar-refractivity contribution is -0.115. The number of nitrogens with zero attached hydrogens (tertiary/aromatic N) is 1. The van der Waals surface area contributed by atoms with E-state index in [9.17, 15) is 24.3 Å². The SMILES string of the molecule is CC(Sc1ccc(NC(=O)/C(=C/c2ccc(N(C)C)cc2)NC(=O)c2ccccc2)cc1)C(=O)Nc1cc(C(=O)O)ccc1Cl. The van der Waals surface area contributed by atoms with Crippen LogP contribution in [0.3, 0.4) is 0 Å². The van der Waals surface area contributed by atoms with Gasteiger partial charge in [-0.25, -0.2) is 4.79 Å². The fraction of sp³-hybridized carbons (Fsp3) is 0.118. The average Bonchev–Trinajstić information content (AvgIpc) is 3.03. The molecule has 45 heavy (non-hydrogen) atoms. The van der Waals surface area contributed by atoms with Crippen molar-refractivity contribution < 1.29 is 24.3 Å². The molecule has 4 aromatic rings. The fourth-order valence-electron chi connectivity index (χ4n) is 4.04. The van der Waals surface area contributed by atoms with Crippen molar-refractivity contribution in [3.63, 3.8) is 0 Å². The largest absolute Gasteiger partial charge is 0.478 e. The van der Waals surface area contributed by atoms with Gasteiger partial charge in [0.05, 0.1) is 21.5 Å². The number of carbonyl (C=O) groups excluding carboxylic acids is 3. The van der Waals surface area contributed by atoms with Gasteiger partial charge in [0.1, 0.15) is 5.70 Å². The molecule has 9 nitrogen and oxygen atoms in total. The number of amides is 3. The van der Waals surface area contributed by atoms with E-state index in [1.807, 2.05) is 43.3 Å². The van der Waals surface area contributed by atoms with Gasteiger partial charge in [-0.05, 0) is 85.3 Å². The summed E-state index contributed by atoms with van der Waals surface area (Å²) in [5.41, 5.74) is 2.91. The summed E-state index contributed by atoms with van der Waals surface area (Å²) < 4.78 is 0. The van der Waals surface area contributed by atoms with Crippen molar-refractivity contribution in [3.8, 4) is 0 Å². The number of anilines is 3. The highest BCUT2D eigenvalue weighted by atomic mass is 35.5. The predicted molar refractivity (Wildman–Crippen MR) is 180 cm³/mol. The van der Waals surface area contributed by atoms with Gasteiger partial charge in [0.2, 0.25) is 5.91 Å². The third-order valence-electron chi connectivity index (χ3n) is 6.51. The van der Waals surface area contributed by atoms with Gasteiger partial charge in [-0.2, -0.15) is 0 Å². The number of aromatic carboxylic acids is 1. The van der Waals surface area contributed by atoms with Crippen LogP contribution in [0.25, 0.3) is 6.08 Å². The fourth-order valence-corrected chi connectivity index (χ4v) is 5.07. The van der Waals surface area contributed by atoms with Gasteiger partial charge in [-0.1, -0.05) is 41.9 Å². The zero-order valence-corrected chi connectivity index (χ0v) is 26.3. The van der Waals surface area contributed by atoms with E-state index in [-0.39, 0.29) is 27.9 Å². The number of benzene rings is 4. The first-order valence-electron chi connectivity index (χ1n) is 13.8. The highest BCUT2D eigenvalue weighted by molar-refractivity contribution is 8.00. The van der Waals surface area contributed by atoms with Crippen molar-refractivity contribution >= 4 is 70.2 Å². The monoisotopic (exact) mass is 642 g/mol. The summed E-state index contributed by atoms with van der Waals surface area (Å²) in [6.07, 6.45) is 1.61. The number of nitrogens with one attached hydrogen (secondary N) is 3. The molecule has 0 aromatic heterocycles. The molecule has 0 aliphatic heterocycles. The molecular formula is C34H31ClN4O5S. The molecular weight excluding hydrogens is 612 g/mol. The molecule has 0 radical (unpaired) electrons. The minimum Gasteiger partial charge on any atom is -0.478 e. The van der Waals surface area contributed by atoms with Crippen molar-refractivity contribution in [2.75, 3.05) is 29.6 Å². The lowest BCUT2D eigenvalue weighted by atomic mass is 10.1. The van der Waals surface area contributed by atoms with Gasteiger partial charge in [0.25, 0.3) is 11.8 Å². The van der Waals surface area contributed by atoms with Crippen LogP contribution in [0.5, 0.6) is 0 Å². The van der Waals surface area contributed by atoms with Crippen LogP contribution in [-0.2, 0) is 9.59 Å². The zero-order chi connectivity index (χ0) is 32.5. The smallest absolute Gasteiger partial charge is 0.335 e. The van der Waals surface area contributed by atoms with Gasteiger partial charge in [-0.15, -0.1) is 11.8 Å². The molecule has 11 heteroatoms. The first-order valence-corrected chi connectivity index (χ1v) is 15.0. The second kappa shape index (κ2) is 15.1. The number of rotatable bonds is 11. The molecule has 0 saturated heterocycles. The first kappa shape index (κ1) is 32.8. The van der Waals surface area contributed by atoms with Gasteiger partial charge in [-0.3, -0.25) is 14.4 Å². The zero-order valence-electron chi connectivity index (χ0n) is 24.7. The van der Waals surface area contributed by atoms with Gasteiger partial charge < -0.3 is 26.0 Å². The molecule has 1 atom stereocenters. The van der Waals surface area contributed by atoms with E-state index in [1.165, 1.54) is 30.0 Å². The predicted octanol–water partition coefficient (Wildman–Crippen LogP) is 6.63. The molecule has 4 rings (SSSR count). The number of hydrogen-bond donors (Lipinski definition) is 4. The summed E-state index contributed by atoms with van der Waals surface area (Å²) in [4.78, 5) is 53.1. The van der Waals surface area contributed by atoms with E-state index >= 15 is 0 Å². The Bertz CT molecular complexity index is 1730. The van der Waals surface area contributed by atoms with Crippen LogP contribution in [0, 0.1) is 0 Å². The van der Waals surface area contributed by atoms with Crippen molar-refractivity contribution in [1.29, 1.82) is 0 Å². The van der Waals surface area contributed by atoms with Crippen LogP contribution in [0.4, 0.5) is 17.1 Å². The number of halogens is 1. The molecule has 0 heterocycles. The maximum Gasteiger partial charge on any atom is 0.335 e. The molecule has 3 amide bonds. The van der Waals surface area contributed by atoms with Gasteiger partial charge in [0.15, 0.2) is 0 Å². The van der Waals surface area contributed by atoms with Crippen molar-refractivity contribution in [3.05, 3.63) is 124 Å². The molecule has 0 aliphatic rings. The Morgan fingerprint density at radius 1 is 0.844 bits per heavy atom. The maximum atomic E-state index is 13.4. The number of carboxylic acids is 1. The van der Waals surface area contributed by atoms with Gasteiger partial charge >= 0.3 is 5.97 Å². The molecule has 0 bridgehead atoms. The van der Waals surface area contributed by atoms with E-state index in [4.69, 9.17) is 11.6 Å². The summed E-state index contributed by atoms with van der Waals surface area (Å²) >= 11 is 7.41. The Balaban J connectivity index is 1.44. The third-order valence-corrected chi connectivity index (χ3v) is 7.96. The van der Waals surface area contributed by atoms with Crippen LogP contribution in [-0.4, -0.2) is 48.1 Å². The third kappa shape index (κ3) is 9.21. The lowest BCUT2D eigenvalue weighted by Gasteiger charge is -2.14. The Kier molecular flexibility index (Phi) is 11.0. The molecule has 4 N–H and O–H groups in total. The highest BCUT2D eigenvalue weighted by Crippen LogP contribution is 2.28. The van der Waals surface area contributed by atoms with Crippen molar-refractivity contribution in [2.45, 2.75) is 17.1 Å². The van der Waals surface area contributed by atoms with Crippen LogP contribution in [0.1, 0.15) is 33.2 Å². The minimum absolute atomic E-state index is 0.00695. The van der Waals surface area contributed by atoms with Crippen LogP contribution >= 0.6 is 23.4 Å². The lowest BCUT2D eigenvalue weighted by Crippen LogP contribution is -2.30. The Labute approximate surface area is 270 Å². The summed E-state index contributed by atoms with van der Waals surface area (Å²) in [6.45, 7) is 1.71. The van der Waals surface area contributed by atoms with E-state index in [1.54, 1.807) is 67.6 Å². The Morgan fingerprint density at radius 2 is 1.51 bits per heavy atom. The molecule has 0 spiro atoms. The molecule has 0 saturated carbocycles. The van der Waals surface area contributed by atoms with Crippen LogP contribution in [0.2, 0.25) is 5.02 Å². The standard InChI is InChI=1S/C34H31ClN4O5S/c1-21(31(40)37-29-20-24(34(43)44)11-18-28(29)35)45-27-16-12-25(13-17-27)36-33(42)30(38-32(41)23-7-5-4-6-8-23)19-22-9-14-26(15-10-22)39(2)3/h4-21H,1-3H3,(H,36,42)(H,37,40)(H,38,41)(H,43,44)/b30-19-. The topological polar surface area (TPSA) is 128 Å². The van der Waals surface area contributed by atoms with Crippen LogP contribution in [0.15, 0.2) is 108 Å². The molecule has 0 aliphatic carbocycles. The minimum atomic E-state index is -1.13. The molecule has 4 aromatic carbocycles. The van der Waals surface area contributed by atoms with Crippen molar-refractivity contribution in [2.24, 2.45) is 0 Å². The van der Waals surface area contributed by atoms with E-state index < -0.39 is 23.0 Å². The molecule has 230 valence electrons. The summed E-state index contributed by atoms with van der Waals surface area (Å²) in [7, 11) is 3.87. The van der Waals surface area contributed by atoms with Crippen molar-refractivity contribution in [1.82, 2.24) is 5.32 Å². The summed E-state index contributed by atoms with van der Waals surface area (Å²) in [6, 6.07) is 27.2. The Morgan fingerprint density at radius 3 is 2.13 bits per heavy atom. The van der Waals surface area contributed by atoms with E-state index in [0.717, 1.165) is 16.1 Å². The Hall–Kier alpha value is -5.06. The summed E-state index contributed by atoms with van der Waals surface area (Å²) in [5.74, 6) is -2.41. The maximum absolute atomic E-state index is 13.4. The molecule has 1 unspecified atom stereocenters. The number of thioether (sulfide) groups is 1. The highest BCUT2D eigenvalue weighted by Gasteiger charge is 2.18. The first-order chi connectivity index (χ1) is 21.5. The van der Waals surface area contributed by atoms with Crippen LogP contribution < -0.4 is 20.9 Å². The van der Waals surface area contributed by atoms with Gasteiger partial charge in [0, 0.05) is 35.9 Å². The second-order valence-corrected chi connectivity index (χ2v) is 11.9. The van der Waals surface area contributed by atoms with E-state index in [0.29, 0.717) is 11.3 Å². The number of carbonyl (C=O) groups is 4.